The first-order valence-electron chi connectivity index (χ1n) is 10.6. The Morgan fingerprint density at radius 1 is 1.19 bits per heavy atom. The predicted molar refractivity (Wildman–Crippen MR) is 130 cm³/mol. The van der Waals surface area contributed by atoms with Crippen LogP contribution in [0.15, 0.2) is 23.3 Å². The van der Waals surface area contributed by atoms with Crippen molar-refractivity contribution in [1.29, 1.82) is 0 Å². The predicted octanol–water partition coefficient (Wildman–Crippen LogP) is 0.946. The maximum Gasteiger partial charge on any atom is 0.422 e. The number of piperidine rings is 1. The fourth-order valence-corrected chi connectivity index (χ4v) is 4.15. The number of pyridine rings is 1. The summed E-state index contributed by atoms with van der Waals surface area (Å²) in [6.45, 7) is -0.140. The minimum absolute atomic E-state index is 0.102. The largest absolute Gasteiger partial charge is 0.468 e. The molecule has 16 heteroatoms. The van der Waals surface area contributed by atoms with Gasteiger partial charge in [-0.3, -0.25) is 9.59 Å². The van der Waals surface area contributed by atoms with Gasteiger partial charge in [-0.05, 0) is 41.5 Å². The number of ether oxygens (including phenoxy) is 1. The summed E-state index contributed by atoms with van der Waals surface area (Å²) in [4.78, 5) is 42.7. The normalized spacial score (nSPS) is 18.1. The number of alkyl halides is 3. The van der Waals surface area contributed by atoms with Crippen molar-refractivity contribution in [2.24, 2.45) is 4.99 Å². The Morgan fingerprint density at radius 2 is 1.92 bits per heavy atom. The van der Waals surface area contributed by atoms with E-state index in [1.54, 1.807) is 4.90 Å². The molecule has 0 bridgehead atoms. The second-order valence-electron chi connectivity index (χ2n) is 8.24. The lowest BCUT2D eigenvalue weighted by Crippen LogP contribution is -2.53. The number of aliphatic imine (C=N–C) groups is 1. The smallest absolute Gasteiger partial charge is 0.422 e. The molecule has 2 aromatic heterocycles. The summed E-state index contributed by atoms with van der Waals surface area (Å²) in [5.41, 5.74) is 11.1. The Kier molecular flexibility index (Phi) is 7.05. The molecule has 1 spiro atoms. The highest BCUT2D eigenvalue weighted by atomic mass is 127. The summed E-state index contributed by atoms with van der Waals surface area (Å²) in [5.74, 6) is -0.904. The van der Waals surface area contributed by atoms with Gasteiger partial charge in [0.05, 0.1) is 11.1 Å². The number of guanidine groups is 1. The van der Waals surface area contributed by atoms with Gasteiger partial charge in [-0.1, -0.05) is 0 Å². The fraction of sp³-hybridized carbons (Fsp3) is 0.400. The van der Waals surface area contributed by atoms with Crippen LogP contribution in [0.25, 0.3) is 0 Å². The Labute approximate surface area is 216 Å². The average Bonchev–Trinajstić information content (AvgIpc) is 3.21. The number of amides is 2. The van der Waals surface area contributed by atoms with Crippen molar-refractivity contribution >= 4 is 52.0 Å². The summed E-state index contributed by atoms with van der Waals surface area (Å²) < 4.78 is 41.7. The topological polar surface area (TPSA) is 174 Å². The number of rotatable bonds is 4. The van der Waals surface area contributed by atoms with Crippen LogP contribution in [0.5, 0.6) is 5.88 Å². The number of hydrogen-bond donors (Lipinski definition) is 4. The Hall–Kier alpha value is -3.44. The number of nitrogens with one attached hydrogen (secondary N) is 2. The molecule has 0 unspecified atom stereocenters. The van der Waals surface area contributed by atoms with Crippen molar-refractivity contribution in [3.63, 3.8) is 0 Å². The third kappa shape index (κ3) is 5.85. The van der Waals surface area contributed by atoms with E-state index in [0.717, 1.165) is 0 Å². The molecule has 4 rings (SSSR count). The van der Waals surface area contributed by atoms with Gasteiger partial charge in [-0.2, -0.15) is 18.2 Å². The molecule has 0 aromatic carbocycles. The van der Waals surface area contributed by atoms with Gasteiger partial charge in [0.1, 0.15) is 3.70 Å². The zero-order chi connectivity index (χ0) is 26.1. The van der Waals surface area contributed by atoms with E-state index in [0.29, 0.717) is 36.2 Å². The molecule has 0 radical (unpaired) electrons. The zero-order valence-corrected chi connectivity index (χ0v) is 20.8. The quantitative estimate of drug-likeness (QED) is 0.361. The molecule has 2 aromatic rings. The number of anilines is 2. The van der Waals surface area contributed by atoms with Crippen LogP contribution in [0.4, 0.5) is 24.8 Å². The van der Waals surface area contributed by atoms with Crippen molar-refractivity contribution in [2.75, 3.05) is 37.7 Å². The molecule has 2 fully saturated rings. The summed E-state index contributed by atoms with van der Waals surface area (Å²) in [7, 11) is 0. The molecular weight excluding hydrogens is 598 g/mol. The number of carbonyl (C=O) groups is 2. The van der Waals surface area contributed by atoms with Gasteiger partial charge in [0, 0.05) is 31.9 Å². The number of carbonyl (C=O) groups excluding carboxylic acids is 2. The summed E-state index contributed by atoms with van der Waals surface area (Å²) in [6.07, 6.45) is -2.14. The molecule has 2 amide bonds. The highest BCUT2D eigenvalue weighted by molar-refractivity contribution is 14.1. The summed E-state index contributed by atoms with van der Waals surface area (Å²) in [6, 6.07) is 2.61. The van der Waals surface area contributed by atoms with Crippen LogP contribution in [-0.2, 0) is 0 Å². The first-order valence-corrected chi connectivity index (χ1v) is 11.7. The first-order chi connectivity index (χ1) is 16.9. The SMILES string of the molecule is Nc1nc(N)c(C(=O)/N=C2\NCC3(CCN(C(=O)c4ccc(OCC(F)(F)F)nc4)CC3)N2)nc1I. The van der Waals surface area contributed by atoms with E-state index >= 15 is 0 Å². The van der Waals surface area contributed by atoms with Crippen LogP contribution in [0.3, 0.4) is 0 Å². The lowest BCUT2D eigenvalue weighted by Gasteiger charge is -2.38. The van der Waals surface area contributed by atoms with E-state index in [9.17, 15) is 22.8 Å². The van der Waals surface area contributed by atoms with Crippen molar-refractivity contribution < 1.29 is 27.5 Å². The number of hydrogen-bond acceptors (Lipinski definition) is 8. The highest BCUT2D eigenvalue weighted by Crippen LogP contribution is 2.26. The van der Waals surface area contributed by atoms with Gasteiger partial charge in [0.2, 0.25) is 5.88 Å². The highest BCUT2D eigenvalue weighted by Gasteiger charge is 2.41. The van der Waals surface area contributed by atoms with Crippen LogP contribution in [-0.4, -0.2) is 75.6 Å². The van der Waals surface area contributed by atoms with Crippen LogP contribution < -0.4 is 26.8 Å². The number of halogens is 4. The Bertz CT molecular complexity index is 1200. The van der Waals surface area contributed by atoms with Gasteiger partial charge in [-0.25, -0.2) is 15.0 Å². The van der Waals surface area contributed by atoms with Gasteiger partial charge >= 0.3 is 12.1 Å². The molecule has 2 aliphatic rings. The molecule has 36 heavy (non-hydrogen) atoms. The van der Waals surface area contributed by atoms with E-state index in [4.69, 9.17) is 11.5 Å². The summed E-state index contributed by atoms with van der Waals surface area (Å²) in [5, 5.41) is 6.29. The van der Waals surface area contributed by atoms with E-state index < -0.39 is 24.2 Å². The number of nitrogen functional groups attached to an aromatic ring is 2. The van der Waals surface area contributed by atoms with E-state index in [-0.39, 0.29) is 40.6 Å². The van der Waals surface area contributed by atoms with E-state index in [1.807, 2.05) is 22.6 Å². The molecular formula is C20H21F3IN9O3. The number of nitrogens with two attached hydrogens (primary N) is 2. The third-order valence-electron chi connectivity index (χ3n) is 5.67. The van der Waals surface area contributed by atoms with Crippen LogP contribution in [0, 0.1) is 3.70 Å². The number of likely N-dealkylation sites (tertiary alicyclic amines) is 1. The first kappa shape index (κ1) is 25.6. The molecule has 0 atom stereocenters. The van der Waals surface area contributed by atoms with Gasteiger partial charge < -0.3 is 31.7 Å². The lowest BCUT2D eigenvalue weighted by atomic mass is 9.88. The monoisotopic (exact) mass is 619 g/mol. The second-order valence-corrected chi connectivity index (χ2v) is 9.26. The second kappa shape index (κ2) is 9.90. The molecule has 2 saturated heterocycles. The van der Waals surface area contributed by atoms with Crippen LogP contribution >= 0.6 is 22.6 Å². The minimum Gasteiger partial charge on any atom is -0.468 e. The van der Waals surface area contributed by atoms with E-state index in [2.05, 4.69) is 35.3 Å². The third-order valence-corrected chi connectivity index (χ3v) is 6.47. The van der Waals surface area contributed by atoms with Gasteiger partial charge in [0.15, 0.2) is 29.9 Å². The van der Waals surface area contributed by atoms with Crippen LogP contribution in [0.2, 0.25) is 0 Å². The maximum absolute atomic E-state index is 12.8. The molecule has 2 aliphatic heterocycles. The number of aromatic nitrogens is 3. The van der Waals surface area contributed by atoms with Crippen molar-refractivity contribution in [1.82, 2.24) is 30.5 Å². The lowest BCUT2D eigenvalue weighted by molar-refractivity contribution is -0.154. The molecule has 6 N–H and O–H groups in total. The Morgan fingerprint density at radius 3 is 2.56 bits per heavy atom. The van der Waals surface area contributed by atoms with Gasteiger partial charge in [-0.15, -0.1) is 0 Å². The molecule has 0 saturated carbocycles. The van der Waals surface area contributed by atoms with Crippen molar-refractivity contribution in [3.05, 3.63) is 33.3 Å². The molecule has 12 nitrogen and oxygen atoms in total. The van der Waals surface area contributed by atoms with Gasteiger partial charge in [0.25, 0.3) is 5.91 Å². The zero-order valence-electron chi connectivity index (χ0n) is 18.6. The molecule has 4 heterocycles. The average molecular weight is 619 g/mol. The van der Waals surface area contributed by atoms with Crippen LogP contribution in [0.1, 0.15) is 33.7 Å². The standard InChI is InChI=1S/C20H21F3IN9O3/c21-20(22,23)9-36-11-2-1-10(7-27-11)17(35)33-5-3-19(4-6-33)8-28-18(32-19)31-16(34)12-14(25)30-15(26)13(24)29-12/h1-2,7H,3-6,8-9H2,(H4,25,26,30)(H2,28,31,32,34). The molecule has 0 aliphatic carbocycles. The Balaban J connectivity index is 1.33. The molecule has 192 valence electrons. The van der Waals surface area contributed by atoms with Crippen molar-refractivity contribution in [2.45, 2.75) is 24.6 Å². The number of nitrogens with zero attached hydrogens (tertiary/aromatic N) is 5. The summed E-state index contributed by atoms with van der Waals surface area (Å²) >= 11 is 1.84. The fourth-order valence-electron chi connectivity index (χ4n) is 3.78. The minimum atomic E-state index is -4.47. The maximum atomic E-state index is 12.8. The van der Waals surface area contributed by atoms with Crippen molar-refractivity contribution in [3.8, 4) is 5.88 Å². The van der Waals surface area contributed by atoms with E-state index in [1.165, 1.54) is 18.3 Å².